The SMILES string of the molecule is Cc1cc(B2OC(C)(C)C(C)(C)O2)ccc1Cl. The van der Waals surface area contributed by atoms with Gasteiger partial charge in [0, 0.05) is 5.02 Å². The highest BCUT2D eigenvalue weighted by Gasteiger charge is 2.51. The quantitative estimate of drug-likeness (QED) is 0.716. The Morgan fingerprint density at radius 3 is 2.06 bits per heavy atom. The minimum Gasteiger partial charge on any atom is -0.399 e. The van der Waals surface area contributed by atoms with Crippen LogP contribution in [0.4, 0.5) is 0 Å². The summed E-state index contributed by atoms with van der Waals surface area (Å²) in [6.07, 6.45) is 0. The van der Waals surface area contributed by atoms with Crippen molar-refractivity contribution in [3.05, 3.63) is 28.8 Å². The van der Waals surface area contributed by atoms with E-state index in [1.807, 2.05) is 25.1 Å². The van der Waals surface area contributed by atoms with E-state index in [1.165, 1.54) is 0 Å². The third-order valence-electron chi connectivity index (χ3n) is 3.71. The van der Waals surface area contributed by atoms with Crippen LogP contribution in [0.15, 0.2) is 18.2 Å². The summed E-state index contributed by atoms with van der Waals surface area (Å²) < 4.78 is 12.0. The maximum absolute atomic E-state index is 6.02. The van der Waals surface area contributed by atoms with E-state index in [0.717, 1.165) is 16.0 Å². The molecule has 1 aliphatic rings. The zero-order valence-electron chi connectivity index (χ0n) is 11.0. The van der Waals surface area contributed by atoms with E-state index in [1.54, 1.807) is 0 Å². The van der Waals surface area contributed by atoms with Gasteiger partial charge in [-0.1, -0.05) is 23.7 Å². The molecule has 2 rings (SSSR count). The van der Waals surface area contributed by atoms with Crippen molar-refractivity contribution in [1.82, 2.24) is 0 Å². The number of halogens is 1. The molecule has 4 heteroatoms. The number of hydrogen-bond donors (Lipinski definition) is 0. The highest BCUT2D eigenvalue weighted by Crippen LogP contribution is 2.36. The van der Waals surface area contributed by atoms with Crippen LogP contribution < -0.4 is 5.46 Å². The summed E-state index contributed by atoms with van der Waals surface area (Å²) in [6.45, 7) is 10.2. The first-order chi connectivity index (χ1) is 7.73. The zero-order chi connectivity index (χ0) is 12.8. The molecule has 0 amide bonds. The van der Waals surface area contributed by atoms with Gasteiger partial charge in [0.2, 0.25) is 0 Å². The summed E-state index contributed by atoms with van der Waals surface area (Å²) in [5, 5.41) is 0.769. The molecule has 0 bridgehead atoms. The average Bonchev–Trinajstić information content (AvgIpc) is 2.41. The van der Waals surface area contributed by atoms with Gasteiger partial charge in [0.1, 0.15) is 0 Å². The van der Waals surface area contributed by atoms with Crippen molar-refractivity contribution in [2.45, 2.75) is 45.8 Å². The van der Waals surface area contributed by atoms with E-state index < -0.39 is 0 Å². The molecule has 0 aliphatic carbocycles. The third-order valence-corrected chi connectivity index (χ3v) is 4.13. The minimum absolute atomic E-state index is 0.300. The number of benzene rings is 1. The molecule has 1 fully saturated rings. The molecular formula is C13H18BClO2. The molecule has 0 saturated carbocycles. The standard InChI is InChI=1S/C13H18BClO2/c1-9-8-10(6-7-11(9)15)14-16-12(2,3)13(4,5)17-14/h6-8H,1-5H3. The lowest BCUT2D eigenvalue weighted by Crippen LogP contribution is -2.41. The predicted octanol–water partition coefficient (Wildman–Crippen LogP) is 2.95. The molecular weight excluding hydrogens is 234 g/mol. The monoisotopic (exact) mass is 252 g/mol. The Hall–Kier alpha value is -0.505. The molecule has 0 aromatic heterocycles. The van der Waals surface area contributed by atoms with Crippen LogP contribution in [0.25, 0.3) is 0 Å². The lowest BCUT2D eigenvalue weighted by Gasteiger charge is -2.32. The second-order valence-corrected chi connectivity index (χ2v) is 6.00. The summed E-state index contributed by atoms with van der Waals surface area (Å²) in [5.41, 5.74) is 1.46. The lowest BCUT2D eigenvalue weighted by atomic mass is 9.78. The molecule has 0 N–H and O–H groups in total. The normalized spacial score (nSPS) is 21.9. The topological polar surface area (TPSA) is 18.5 Å². The molecule has 0 unspecified atom stereocenters. The second-order valence-electron chi connectivity index (χ2n) is 5.60. The van der Waals surface area contributed by atoms with Gasteiger partial charge in [-0.3, -0.25) is 0 Å². The van der Waals surface area contributed by atoms with Crippen LogP contribution in [0.1, 0.15) is 33.3 Å². The van der Waals surface area contributed by atoms with Crippen molar-refractivity contribution < 1.29 is 9.31 Å². The van der Waals surface area contributed by atoms with Crippen LogP contribution in [0.2, 0.25) is 5.02 Å². The van der Waals surface area contributed by atoms with Gasteiger partial charge in [-0.2, -0.15) is 0 Å². The van der Waals surface area contributed by atoms with E-state index in [0.29, 0.717) is 0 Å². The van der Waals surface area contributed by atoms with Crippen LogP contribution in [-0.2, 0) is 9.31 Å². The lowest BCUT2D eigenvalue weighted by molar-refractivity contribution is 0.00578. The van der Waals surface area contributed by atoms with E-state index in [9.17, 15) is 0 Å². The maximum atomic E-state index is 6.02. The van der Waals surface area contributed by atoms with Crippen molar-refractivity contribution in [2.24, 2.45) is 0 Å². The van der Waals surface area contributed by atoms with E-state index >= 15 is 0 Å². The van der Waals surface area contributed by atoms with Gasteiger partial charge in [-0.05, 0) is 51.7 Å². The van der Waals surface area contributed by atoms with Gasteiger partial charge in [0.15, 0.2) is 0 Å². The minimum atomic E-state index is -0.309. The fraction of sp³-hybridized carbons (Fsp3) is 0.538. The molecule has 17 heavy (non-hydrogen) atoms. The molecule has 0 atom stereocenters. The molecule has 1 aromatic rings. The summed E-state index contributed by atoms with van der Waals surface area (Å²) in [7, 11) is -0.309. The van der Waals surface area contributed by atoms with Crippen molar-refractivity contribution in [3.8, 4) is 0 Å². The zero-order valence-corrected chi connectivity index (χ0v) is 11.8. The summed E-state index contributed by atoms with van der Waals surface area (Å²) >= 11 is 6.02. The van der Waals surface area contributed by atoms with Crippen molar-refractivity contribution >= 4 is 24.2 Å². The molecule has 1 aromatic carbocycles. The van der Waals surface area contributed by atoms with Crippen LogP contribution in [-0.4, -0.2) is 18.3 Å². The summed E-state index contributed by atoms with van der Waals surface area (Å²) in [5.74, 6) is 0. The first-order valence-electron chi connectivity index (χ1n) is 5.85. The summed E-state index contributed by atoms with van der Waals surface area (Å²) in [6, 6.07) is 5.86. The number of aryl methyl sites for hydroxylation is 1. The molecule has 1 heterocycles. The number of hydrogen-bond acceptors (Lipinski definition) is 2. The van der Waals surface area contributed by atoms with Gasteiger partial charge < -0.3 is 9.31 Å². The number of rotatable bonds is 1. The van der Waals surface area contributed by atoms with Crippen LogP contribution >= 0.6 is 11.6 Å². The Labute approximate surface area is 108 Å². The largest absolute Gasteiger partial charge is 0.494 e. The van der Waals surface area contributed by atoms with Crippen molar-refractivity contribution in [3.63, 3.8) is 0 Å². The fourth-order valence-electron chi connectivity index (χ4n) is 1.79. The molecule has 0 radical (unpaired) electrons. The predicted molar refractivity (Wildman–Crippen MR) is 71.9 cm³/mol. The smallest absolute Gasteiger partial charge is 0.399 e. The highest BCUT2D eigenvalue weighted by atomic mass is 35.5. The maximum Gasteiger partial charge on any atom is 0.494 e. The van der Waals surface area contributed by atoms with E-state index in [4.69, 9.17) is 20.9 Å². The molecule has 92 valence electrons. The molecule has 1 saturated heterocycles. The van der Waals surface area contributed by atoms with Gasteiger partial charge in [0.25, 0.3) is 0 Å². The third kappa shape index (κ3) is 2.24. The summed E-state index contributed by atoms with van der Waals surface area (Å²) in [4.78, 5) is 0. The average molecular weight is 253 g/mol. The Kier molecular flexibility index (Phi) is 3.05. The van der Waals surface area contributed by atoms with Gasteiger partial charge in [0.05, 0.1) is 11.2 Å². The Balaban J connectivity index is 2.29. The molecule has 2 nitrogen and oxygen atoms in total. The van der Waals surface area contributed by atoms with E-state index in [2.05, 4.69) is 27.7 Å². The Bertz CT molecular complexity index is 427. The highest BCUT2D eigenvalue weighted by molar-refractivity contribution is 6.62. The van der Waals surface area contributed by atoms with Crippen molar-refractivity contribution in [2.75, 3.05) is 0 Å². The molecule has 0 spiro atoms. The molecule has 1 aliphatic heterocycles. The van der Waals surface area contributed by atoms with Crippen LogP contribution in [0, 0.1) is 6.92 Å². The second kappa shape index (κ2) is 4.01. The fourth-order valence-corrected chi connectivity index (χ4v) is 1.91. The van der Waals surface area contributed by atoms with Gasteiger partial charge in [-0.15, -0.1) is 0 Å². The van der Waals surface area contributed by atoms with Gasteiger partial charge >= 0.3 is 7.12 Å². The first kappa shape index (κ1) is 12.9. The van der Waals surface area contributed by atoms with Crippen LogP contribution in [0.5, 0.6) is 0 Å². The van der Waals surface area contributed by atoms with Crippen molar-refractivity contribution in [1.29, 1.82) is 0 Å². The Morgan fingerprint density at radius 2 is 1.59 bits per heavy atom. The first-order valence-corrected chi connectivity index (χ1v) is 6.22. The van der Waals surface area contributed by atoms with Gasteiger partial charge in [-0.25, -0.2) is 0 Å². The van der Waals surface area contributed by atoms with E-state index in [-0.39, 0.29) is 18.3 Å². The Morgan fingerprint density at radius 1 is 1.06 bits per heavy atom. The van der Waals surface area contributed by atoms with Crippen LogP contribution in [0.3, 0.4) is 0 Å².